The molecule has 0 fully saturated rings. The van der Waals surface area contributed by atoms with Gasteiger partial charge in [-0.3, -0.25) is 9.13 Å². The lowest BCUT2D eigenvalue weighted by Crippen LogP contribution is -2.27. The van der Waals surface area contributed by atoms with Gasteiger partial charge in [-0.15, -0.1) is 0 Å². The largest absolute Gasteiger partial charge is 0.436 e. The molecule has 6 aromatic carbocycles. The molecule has 0 aromatic heterocycles. The number of hydrogen-bond acceptors (Lipinski definition) is 6. The van der Waals surface area contributed by atoms with Crippen LogP contribution in [-0.4, -0.2) is 8.42 Å². The third-order valence-corrected chi connectivity index (χ3v) is 17.8. The van der Waals surface area contributed by atoms with Crippen LogP contribution in [0.25, 0.3) is 22.3 Å². The van der Waals surface area contributed by atoms with Gasteiger partial charge < -0.3 is 9.05 Å². The van der Waals surface area contributed by atoms with Gasteiger partial charge in [-0.1, -0.05) is 65.8 Å². The second-order valence-electron chi connectivity index (χ2n) is 17.7. The van der Waals surface area contributed by atoms with Gasteiger partial charge in [-0.25, -0.2) is 8.42 Å². The molecule has 0 spiro atoms. The van der Waals surface area contributed by atoms with E-state index in [4.69, 9.17) is 9.05 Å². The molecule has 2 heterocycles. The van der Waals surface area contributed by atoms with E-state index in [9.17, 15) is 8.42 Å². The molecule has 0 saturated heterocycles. The third-order valence-electron chi connectivity index (χ3n) is 11.2. The lowest BCUT2D eigenvalue weighted by Gasteiger charge is -2.32. The summed E-state index contributed by atoms with van der Waals surface area (Å²) in [5.41, 5.74) is 9.59. The molecular formula is C48H48O6P2S. The van der Waals surface area contributed by atoms with Crippen molar-refractivity contribution in [3.8, 4) is 33.8 Å². The van der Waals surface area contributed by atoms with E-state index < -0.39 is 24.6 Å². The number of hydrogen-bond donors (Lipinski definition) is 0. The summed E-state index contributed by atoms with van der Waals surface area (Å²) in [5, 5.41) is 2.02. The van der Waals surface area contributed by atoms with E-state index in [1.807, 2.05) is 64.1 Å². The highest BCUT2D eigenvalue weighted by Gasteiger charge is 2.41. The summed E-state index contributed by atoms with van der Waals surface area (Å²) in [6, 6.07) is 32.4. The molecule has 9 heteroatoms. The van der Waals surface area contributed by atoms with Crippen LogP contribution in [0.1, 0.15) is 74.9 Å². The minimum atomic E-state index is -4.02. The first kappa shape index (κ1) is 39.2. The van der Waals surface area contributed by atoms with E-state index >= 15 is 9.13 Å². The van der Waals surface area contributed by atoms with Crippen LogP contribution in [0.15, 0.2) is 119 Å². The minimum Gasteiger partial charge on any atom is -0.436 e. The van der Waals surface area contributed by atoms with Crippen LogP contribution in [0.5, 0.6) is 11.5 Å². The maximum absolute atomic E-state index is 15.1. The Morgan fingerprint density at radius 3 is 1.16 bits per heavy atom. The zero-order valence-electron chi connectivity index (χ0n) is 34.1. The van der Waals surface area contributed by atoms with Gasteiger partial charge >= 0.3 is 14.7 Å². The van der Waals surface area contributed by atoms with Crippen molar-refractivity contribution in [1.82, 2.24) is 0 Å². The van der Waals surface area contributed by atoms with E-state index in [0.29, 0.717) is 32.7 Å². The molecule has 0 amide bonds. The van der Waals surface area contributed by atoms with Crippen LogP contribution in [0.2, 0.25) is 0 Å². The number of rotatable bonds is 4. The third kappa shape index (κ3) is 6.43. The summed E-state index contributed by atoms with van der Waals surface area (Å²) in [6.45, 7) is 20.9. The SMILES string of the molecule is Cc1cc(C)c2c(c1)P(=O)(c1ccc(S(=O)(=O)c3ccc(P4(=O)Oc5ccc(C(C)(C)C)cc5-c5c(C)cc(C)cc54)cc3)cc1)Oc1ccc(C(C)(C)C)cc1-2. The van der Waals surface area contributed by atoms with E-state index in [0.717, 1.165) is 55.6 Å². The average Bonchev–Trinajstić information content (AvgIpc) is 3.14. The van der Waals surface area contributed by atoms with Crippen molar-refractivity contribution in [2.24, 2.45) is 0 Å². The highest BCUT2D eigenvalue weighted by molar-refractivity contribution is 7.91. The van der Waals surface area contributed by atoms with Gasteiger partial charge in [0.2, 0.25) is 9.84 Å². The van der Waals surface area contributed by atoms with Gasteiger partial charge in [0.15, 0.2) is 0 Å². The second-order valence-corrected chi connectivity index (χ2v) is 24.2. The fourth-order valence-corrected chi connectivity index (χ4v) is 14.2. The maximum atomic E-state index is 15.1. The van der Waals surface area contributed by atoms with Crippen LogP contribution in [0.4, 0.5) is 0 Å². The molecule has 292 valence electrons. The van der Waals surface area contributed by atoms with E-state index in [1.165, 1.54) is 24.3 Å². The first-order valence-electron chi connectivity index (χ1n) is 19.2. The Morgan fingerprint density at radius 2 is 0.825 bits per heavy atom. The molecule has 0 bridgehead atoms. The van der Waals surface area contributed by atoms with Crippen LogP contribution in [0, 0.1) is 27.7 Å². The Bertz CT molecular complexity index is 2670. The summed E-state index contributed by atoms with van der Waals surface area (Å²) in [6.07, 6.45) is 0. The lowest BCUT2D eigenvalue weighted by molar-refractivity contribution is 0.499. The smallest absolute Gasteiger partial charge is 0.307 e. The molecule has 0 N–H and O–H groups in total. The highest BCUT2D eigenvalue weighted by Crippen LogP contribution is 2.57. The Morgan fingerprint density at radius 1 is 0.474 bits per heavy atom. The quantitative estimate of drug-likeness (QED) is 0.165. The zero-order valence-corrected chi connectivity index (χ0v) is 36.7. The molecule has 8 rings (SSSR count). The predicted octanol–water partition coefficient (Wildman–Crippen LogP) is 10.9. The molecule has 2 aliphatic rings. The Balaban J connectivity index is 1.14. The maximum Gasteiger partial charge on any atom is 0.307 e. The van der Waals surface area contributed by atoms with Gasteiger partial charge in [-0.2, -0.15) is 0 Å². The van der Waals surface area contributed by atoms with Crippen LogP contribution < -0.4 is 30.3 Å². The molecule has 2 atom stereocenters. The van der Waals surface area contributed by atoms with E-state index in [2.05, 4.69) is 65.8 Å². The van der Waals surface area contributed by atoms with Gasteiger partial charge in [0.1, 0.15) is 11.5 Å². The Labute approximate surface area is 337 Å². The molecule has 6 aromatic rings. The highest BCUT2D eigenvalue weighted by atomic mass is 32.2. The van der Waals surface area contributed by atoms with E-state index in [1.54, 1.807) is 24.3 Å². The number of aryl methyl sites for hydroxylation is 4. The summed E-state index contributed by atoms with van der Waals surface area (Å²) < 4.78 is 71.3. The van der Waals surface area contributed by atoms with Crippen LogP contribution >= 0.6 is 14.7 Å². The molecule has 0 saturated carbocycles. The molecular weight excluding hydrogens is 767 g/mol. The summed E-state index contributed by atoms with van der Waals surface area (Å²) in [7, 11) is -11.4. The lowest BCUT2D eigenvalue weighted by atomic mass is 9.84. The fraction of sp³-hybridized carbons (Fsp3) is 0.250. The molecule has 2 aliphatic heterocycles. The Kier molecular flexibility index (Phi) is 9.06. The van der Waals surface area contributed by atoms with Crippen molar-refractivity contribution in [2.75, 3.05) is 0 Å². The molecule has 6 nitrogen and oxygen atoms in total. The topological polar surface area (TPSA) is 86.7 Å². The van der Waals surface area contributed by atoms with Gasteiger partial charge in [0.05, 0.1) is 31.0 Å². The van der Waals surface area contributed by atoms with Crippen molar-refractivity contribution in [2.45, 2.75) is 89.9 Å². The average molecular weight is 815 g/mol. The monoisotopic (exact) mass is 814 g/mol. The van der Waals surface area contributed by atoms with Crippen LogP contribution in [-0.2, 0) is 29.8 Å². The van der Waals surface area contributed by atoms with Crippen molar-refractivity contribution in [3.05, 3.63) is 143 Å². The number of sulfone groups is 1. The molecule has 0 radical (unpaired) electrons. The minimum absolute atomic E-state index is 0.0409. The van der Waals surface area contributed by atoms with Crippen molar-refractivity contribution < 1.29 is 26.6 Å². The standard InChI is InChI=1S/C48H48O6P2S/c1-29-23-31(3)45-39-27-33(47(5,6)7)11-21-41(39)53-55(49,43(45)25-29)35-13-17-37(18-14-35)57(51,52)38-19-15-36(16-20-38)56(50)44-26-30(2)24-32(4)46(44)40-28-34(48(8,9)10)12-22-42(40)54-56/h11-28H,1-10H3. The van der Waals surface area contributed by atoms with E-state index in [-0.39, 0.29) is 20.6 Å². The zero-order chi connectivity index (χ0) is 41.0. The molecule has 57 heavy (non-hydrogen) atoms. The van der Waals surface area contributed by atoms with Gasteiger partial charge in [-0.05, 0) is 157 Å². The second kappa shape index (κ2) is 13.2. The first-order valence-corrected chi connectivity index (χ1v) is 23.9. The molecule has 2 unspecified atom stereocenters. The predicted molar refractivity (Wildman–Crippen MR) is 233 cm³/mol. The van der Waals surface area contributed by atoms with Gasteiger partial charge in [0.25, 0.3) is 0 Å². The van der Waals surface area contributed by atoms with Crippen LogP contribution in [0.3, 0.4) is 0 Å². The van der Waals surface area contributed by atoms with Crippen molar-refractivity contribution >= 4 is 45.8 Å². The van der Waals surface area contributed by atoms with Gasteiger partial charge in [0, 0.05) is 22.3 Å². The fourth-order valence-electron chi connectivity index (χ4n) is 8.14. The summed E-state index contributed by atoms with van der Waals surface area (Å²) in [5.74, 6) is 1.07. The molecule has 0 aliphatic carbocycles. The van der Waals surface area contributed by atoms with Crippen molar-refractivity contribution in [3.63, 3.8) is 0 Å². The Hall–Kier alpha value is -4.67. The number of fused-ring (bicyclic) bond motifs is 6. The number of benzene rings is 6. The van der Waals surface area contributed by atoms with Crippen molar-refractivity contribution in [1.29, 1.82) is 0 Å². The summed E-state index contributed by atoms with van der Waals surface area (Å²) in [4.78, 5) is 0.0818. The summed E-state index contributed by atoms with van der Waals surface area (Å²) >= 11 is 0. The first-order chi connectivity index (χ1) is 26.6. The normalized spacial score (nSPS) is 18.7.